The third-order valence-corrected chi connectivity index (χ3v) is 6.45. The zero-order valence-corrected chi connectivity index (χ0v) is 20.1. The van der Waals surface area contributed by atoms with Crippen molar-refractivity contribution in [3.05, 3.63) is 47.5 Å². The maximum Gasteiger partial charge on any atom is 0.220 e. The molecular weight excluding hydrogens is 436 g/mol. The number of hydrogen-bond acceptors (Lipinski definition) is 7. The lowest BCUT2D eigenvalue weighted by atomic mass is 9.88. The number of aliphatic hydroxyl groups is 5. The molecule has 0 bridgehead atoms. The number of aliphatic hydroxyl groups excluding tert-OH is 5. The summed E-state index contributed by atoms with van der Waals surface area (Å²) < 4.78 is 0. The second-order valence-corrected chi connectivity index (χ2v) is 9.16. The van der Waals surface area contributed by atoms with Crippen LogP contribution in [0, 0.1) is 0 Å². The summed E-state index contributed by atoms with van der Waals surface area (Å²) >= 11 is 0. The van der Waals surface area contributed by atoms with E-state index in [-0.39, 0.29) is 18.0 Å². The van der Waals surface area contributed by atoms with Crippen LogP contribution in [0.4, 0.5) is 0 Å². The Hall–Kier alpha value is -1.81. The standard InChI is InChI=1S/C26H42N2O6/c1-2-3-4-5-6-7-11-14-22(30)28-21(23(31)18-12-9-8-10-13-18)16-27-20-15-19(17-29)24(32)26(34)25(20)33/h8-10,12-13,15,20-21,23-27,29,31-34H,2-7,11,14,16-17H2,1H3,(H,28,30)/t20-,21+,23+,24+,25+,26-/m0/s1. The molecular formula is C26H42N2O6. The highest BCUT2D eigenvalue weighted by molar-refractivity contribution is 5.76. The first-order valence-electron chi connectivity index (χ1n) is 12.5. The fourth-order valence-corrected chi connectivity index (χ4v) is 4.28. The van der Waals surface area contributed by atoms with Crippen molar-refractivity contribution in [3.63, 3.8) is 0 Å². The van der Waals surface area contributed by atoms with Crippen LogP contribution in [-0.4, -0.2) is 75.0 Å². The summed E-state index contributed by atoms with van der Waals surface area (Å²) in [7, 11) is 0. The lowest BCUT2D eigenvalue weighted by Gasteiger charge is -2.36. The number of amides is 1. The zero-order chi connectivity index (χ0) is 24.9. The summed E-state index contributed by atoms with van der Waals surface area (Å²) in [5.41, 5.74) is 0.857. The first kappa shape index (κ1) is 28.4. The van der Waals surface area contributed by atoms with E-state index in [0.717, 1.165) is 19.3 Å². The monoisotopic (exact) mass is 478 g/mol. The van der Waals surface area contributed by atoms with Gasteiger partial charge < -0.3 is 36.2 Å². The summed E-state index contributed by atoms with van der Waals surface area (Å²) in [6, 6.07) is 7.57. The van der Waals surface area contributed by atoms with E-state index in [2.05, 4.69) is 17.6 Å². The molecule has 6 atom stereocenters. The van der Waals surface area contributed by atoms with E-state index in [1.807, 2.05) is 18.2 Å². The molecule has 192 valence electrons. The number of rotatable bonds is 15. The molecule has 0 radical (unpaired) electrons. The Morgan fingerprint density at radius 2 is 1.62 bits per heavy atom. The highest BCUT2D eigenvalue weighted by atomic mass is 16.4. The molecule has 1 aliphatic rings. The minimum absolute atomic E-state index is 0.110. The largest absolute Gasteiger partial charge is 0.392 e. The highest BCUT2D eigenvalue weighted by Crippen LogP contribution is 2.21. The zero-order valence-electron chi connectivity index (χ0n) is 20.1. The summed E-state index contributed by atoms with van der Waals surface area (Å²) in [5.74, 6) is -0.151. The first-order valence-corrected chi connectivity index (χ1v) is 12.5. The van der Waals surface area contributed by atoms with Crippen molar-refractivity contribution in [3.8, 4) is 0 Å². The van der Waals surface area contributed by atoms with Crippen molar-refractivity contribution in [1.29, 1.82) is 0 Å². The van der Waals surface area contributed by atoms with Gasteiger partial charge in [0.05, 0.1) is 18.7 Å². The third-order valence-electron chi connectivity index (χ3n) is 6.45. The van der Waals surface area contributed by atoms with E-state index in [9.17, 15) is 30.3 Å². The Balaban J connectivity index is 1.97. The molecule has 0 heterocycles. The summed E-state index contributed by atoms with van der Waals surface area (Å²) in [6.07, 6.45) is 4.52. The van der Waals surface area contributed by atoms with Crippen LogP contribution in [0.1, 0.15) is 70.0 Å². The van der Waals surface area contributed by atoms with Crippen molar-refractivity contribution < 1.29 is 30.3 Å². The van der Waals surface area contributed by atoms with Gasteiger partial charge in [-0.25, -0.2) is 0 Å². The molecule has 8 heteroatoms. The van der Waals surface area contributed by atoms with Gasteiger partial charge in [0.25, 0.3) is 0 Å². The topological polar surface area (TPSA) is 142 Å². The van der Waals surface area contributed by atoms with Crippen LogP contribution >= 0.6 is 0 Å². The van der Waals surface area contributed by atoms with Crippen molar-refractivity contribution in [2.45, 2.75) is 94.8 Å². The van der Waals surface area contributed by atoms with Crippen molar-refractivity contribution in [2.24, 2.45) is 0 Å². The number of hydrogen-bond donors (Lipinski definition) is 7. The van der Waals surface area contributed by atoms with Gasteiger partial charge in [0.2, 0.25) is 5.91 Å². The van der Waals surface area contributed by atoms with E-state index in [1.54, 1.807) is 12.1 Å². The minimum atomic E-state index is -1.45. The second-order valence-electron chi connectivity index (χ2n) is 9.16. The lowest BCUT2D eigenvalue weighted by Crippen LogP contribution is -2.56. The van der Waals surface area contributed by atoms with E-state index < -0.39 is 43.1 Å². The molecule has 1 aromatic carbocycles. The van der Waals surface area contributed by atoms with Crippen molar-refractivity contribution >= 4 is 5.91 Å². The molecule has 0 saturated carbocycles. The van der Waals surface area contributed by atoms with Crippen LogP contribution in [0.2, 0.25) is 0 Å². The Kier molecular flexibility index (Phi) is 12.7. The number of benzene rings is 1. The molecule has 0 spiro atoms. The van der Waals surface area contributed by atoms with Crippen LogP contribution in [0.5, 0.6) is 0 Å². The molecule has 0 fully saturated rings. The van der Waals surface area contributed by atoms with Crippen molar-refractivity contribution in [2.75, 3.05) is 13.2 Å². The van der Waals surface area contributed by atoms with E-state index in [1.165, 1.54) is 31.8 Å². The number of carbonyl (C=O) groups is 1. The first-order chi connectivity index (χ1) is 16.4. The van der Waals surface area contributed by atoms with Gasteiger partial charge in [-0.05, 0) is 17.6 Å². The molecule has 0 unspecified atom stereocenters. The normalized spacial score (nSPS) is 24.4. The van der Waals surface area contributed by atoms with Crippen LogP contribution in [0.15, 0.2) is 42.0 Å². The lowest BCUT2D eigenvalue weighted by molar-refractivity contribution is -0.122. The molecule has 8 nitrogen and oxygen atoms in total. The molecule has 7 N–H and O–H groups in total. The summed E-state index contributed by atoms with van der Waals surface area (Å²) in [4.78, 5) is 12.6. The van der Waals surface area contributed by atoms with Gasteiger partial charge in [0.1, 0.15) is 24.4 Å². The molecule has 0 saturated heterocycles. The van der Waals surface area contributed by atoms with E-state index >= 15 is 0 Å². The smallest absolute Gasteiger partial charge is 0.220 e. The van der Waals surface area contributed by atoms with E-state index in [4.69, 9.17) is 0 Å². The fourth-order valence-electron chi connectivity index (χ4n) is 4.28. The van der Waals surface area contributed by atoms with Gasteiger partial charge in [0.15, 0.2) is 0 Å². The highest BCUT2D eigenvalue weighted by Gasteiger charge is 2.37. The Bertz CT molecular complexity index is 744. The molecule has 0 aromatic heterocycles. The van der Waals surface area contributed by atoms with Crippen LogP contribution in [-0.2, 0) is 4.79 Å². The predicted molar refractivity (Wildman–Crippen MR) is 131 cm³/mol. The Labute approximate surface area is 202 Å². The molecule has 2 rings (SSSR count). The van der Waals surface area contributed by atoms with Crippen LogP contribution in [0.3, 0.4) is 0 Å². The second kappa shape index (κ2) is 15.2. The number of unbranched alkanes of at least 4 members (excludes halogenated alkanes) is 6. The third kappa shape index (κ3) is 8.76. The van der Waals surface area contributed by atoms with Gasteiger partial charge in [-0.1, -0.05) is 81.9 Å². The molecule has 1 aliphatic carbocycles. The summed E-state index contributed by atoms with van der Waals surface area (Å²) in [6.45, 7) is 1.84. The molecule has 34 heavy (non-hydrogen) atoms. The van der Waals surface area contributed by atoms with Crippen LogP contribution in [0.25, 0.3) is 0 Å². The molecule has 1 aromatic rings. The van der Waals surface area contributed by atoms with Gasteiger partial charge in [-0.2, -0.15) is 0 Å². The van der Waals surface area contributed by atoms with Gasteiger partial charge >= 0.3 is 0 Å². The Morgan fingerprint density at radius 3 is 2.26 bits per heavy atom. The average molecular weight is 479 g/mol. The predicted octanol–water partition coefficient (Wildman–Crippen LogP) is 1.32. The number of nitrogens with one attached hydrogen (secondary N) is 2. The fraction of sp³-hybridized carbons (Fsp3) is 0.654. The SMILES string of the molecule is CCCCCCCCCC(=O)N[C@H](CN[C@H]1C=C(CO)[C@@H](O)[C@H](O)[C@@H]1O)[C@H](O)c1ccccc1. The van der Waals surface area contributed by atoms with Crippen LogP contribution < -0.4 is 10.6 Å². The molecule has 0 aliphatic heterocycles. The maximum absolute atomic E-state index is 12.6. The Morgan fingerprint density at radius 1 is 0.971 bits per heavy atom. The summed E-state index contributed by atoms with van der Waals surface area (Å²) in [5, 5.41) is 56.7. The van der Waals surface area contributed by atoms with Crippen molar-refractivity contribution in [1.82, 2.24) is 10.6 Å². The van der Waals surface area contributed by atoms with Gasteiger partial charge in [-0.3, -0.25) is 4.79 Å². The van der Waals surface area contributed by atoms with E-state index in [0.29, 0.717) is 12.0 Å². The average Bonchev–Trinajstić information content (AvgIpc) is 2.85. The van der Waals surface area contributed by atoms with Gasteiger partial charge in [0, 0.05) is 13.0 Å². The maximum atomic E-state index is 12.6. The molecule has 1 amide bonds. The quantitative estimate of drug-likeness (QED) is 0.149. The van der Waals surface area contributed by atoms with Gasteiger partial charge in [-0.15, -0.1) is 0 Å². The minimum Gasteiger partial charge on any atom is -0.392 e. The number of carbonyl (C=O) groups excluding carboxylic acids is 1.